The van der Waals surface area contributed by atoms with Crippen molar-refractivity contribution in [2.45, 2.75) is 577 Å². The van der Waals surface area contributed by atoms with E-state index in [1.807, 2.05) is 0 Å². The van der Waals surface area contributed by atoms with Crippen LogP contribution < -0.4 is 42.5 Å². The molecule has 140 heavy (non-hydrogen) atoms. The van der Waals surface area contributed by atoms with E-state index >= 15 is 0 Å². The molecule has 1 aromatic heterocycles. The molecule has 21 fully saturated rings. The minimum atomic E-state index is -6.09. The van der Waals surface area contributed by atoms with Crippen LogP contribution in [0.25, 0.3) is 5.32 Å². The van der Waals surface area contributed by atoms with Crippen LogP contribution in [0.15, 0.2) is 24.5 Å². The van der Waals surface area contributed by atoms with Gasteiger partial charge in [0.1, 0.15) is 0 Å². The zero-order valence-electron chi connectivity index (χ0n) is 89.3. The van der Waals surface area contributed by atoms with Gasteiger partial charge in [0.2, 0.25) is 0 Å². The summed E-state index contributed by atoms with van der Waals surface area (Å²) >= 11 is 0. The Morgan fingerprint density at radius 3 is 0.657 bits per heavy atom. The second-order valence-corrected chi connectivity index (χ2v) is 61.8. The molecule has 1 aromatic rings. The standard InChI is InChI=1S/C46H80N5.C46H75N5.C27H50P2.CHF3O3S.Pd/c2*1-28-4-10-31(11-5-28)43-35-16-18-37(48-35)44(32-12-6-29(2)7-13-32)39-20-22-41(50-39)46(34-24-26-47-27-25-34)42-23-21-40(51-42)45(38-19-17-36(43)49-38)33-14-8-30(3)9-15-33;1-5-14-24(15-6-1)28(25-16-7-2-8-17-25)22-13-23-29(26-18-9-3-10-19-26)27-20-11-4-12-21-27;2-1(3,4)8(5,6)7;/h28-46,48-51H,4-27H2,1-3H3;24-33,35-46,48-51H,4-23H2,1-3H3;24-27H,1-23H2;(H,5,6,7);/q-1;;;;+2/p+1. The fourth-order valence-electron chi connectivity index (χ4n) is 38.2. The summed E-state index contributed by atoms with van der Waals surface area (Å²) in [6.07, 6.45) is 101. The molecule has 12 heterocycles. The summed E-state index contributed by atoms with van der Waals surface area (Å²) in [6.45, 7) is 17.4. The second kappa shape index (κ2) is 52.3. The fraction of sp³-hybridized carbons (Fsp3) is 0.958. The fourth-order valence-corrected chi connectivity index (χ4v) is 47.3. The maximum Gasteiger partial charge on any atom is 2.00 e. The third-order valence-corrected chi connectivity index (χ3v) is 54.4. The number of nitrogens with zero attached hydrogens (tertiary/aromatic N) is 2. The van der Waals surface area contributed by atoms with Gasteiger partial charge >= 0.3 is 25.9 Å². The Bertz CT molecular complexity index is 3660. The van der Waals surface area contributed by atoms with Gasteiger partial charge in [-0.25, -0.2) is 8.42 Å². The van der Waals surface area contributed by atoms with E-state index in [2.05, 4.69) is 114 Å². The Hall–Kier alpha value is 0.0123. The van der Waals surface area contributed by atoms with E-state index in [4.69, 9.17) is 18.3 Å². The number of aromatic nitrogens is 1. The molecule has 800 valence electrons. The van der Waals surface area contributed by atoms with E-state index in [-0.39, 0.29) is 36.3 Å². The normalized spacial score (nSPS) is 44.2. The first-order valence-corrected chi connectivity index (χ1v) is 67.1. The summed E-state index contributed by atoms with van der Waals surface area (Å²) in [5, 5.41) is 41.6. The number of hydrogen-bond donors (Lipinski definition) is 8. The molecule has 11 saturated heterocycles. The number of pyridine rings is 1. The van der Waals surface area contributed by atoms with Gasteiger partial charge in [-0.1, -0.05) is 157 Å². The van der Waals surface area contributed by atoms with Gasteiger partial charge in [0.05, 0.1) is 35.0 Å². The molecule has 0 amide bonds. The van der Waals surface area contributed by atoms with Gasteiger partial charge in [-0.05, 0) is 419 Å². The smallest absolute Gasteiger partial charge is 0.741 e. The molecule has 10 aliphatic carbocycles. The zero-order valence-corrected chi connectivity index (χ0v) is 93.7. The Morgan fingerprint density at radius 1 is 0.286 bits per heavy atom. The maximum absolute atomic E-state index is 10.7. The molecule has 11 aliphatic heterocycles. The van der Waals surface area contributed by atoms with Gasteiger partial charge in [0.25, 0.3) is 0 Å². The minimum absolute atomic E-state index is 0. The molecular formula is C120H207F3N10O3P2PdS+2. The van der Waals surface area contributed by atoms with Gasteiger partial charge < -0.3 is 52.4 Å². The monoisotopic (exact) mass is 2090 g/mol. The van der Waals surface area contributed by atoms with Gasteiger partial charge in [0, 0.05) is 137 Å². The molecule has 22 rings (SSSR count). The SMILES string of the molecule is C1CCC([PH+](CCC[PH+](C2CCCCC2)C2CCCCC2)C2CCCCC2)CC1.CC1CCC(C2C3CCC(N3)C(C3CC[N-]CC3)C3CCC(N3)C(C3CCC(C)CC3)C3CCC(N3)C(C3CCC(C)CC3)C3CCC2N3)CC1.CC1CCC(C2C3CCC(N3)C(c3ccncc3)C3CCC(N3)C(C3CCC(C)CC3)C3CCC(N3)C(C3CCC(C)CC3)C3CCC2N3)CC1.O=S(=O)([O-])C(F)(F)F.[Pd+2]. The number of piperidine rings is 1. The molecule has 8 N–H and O–H groups in total. The predicted molar refractivity (Wildman–Crippen MR) is 578 cm³/mol. The molecule has 20 atom stereocenters. The number of rotatable bonds is 16. The van der Waals surface area contributed by atoms with Crippen LogP contribution in [0, 0.1) is 118 Å². The molecule has 20 unspecified atom stereocenters. The summed E-state index contributed by atoms with van der Waals surface area (Å²) in [5.74, 6) is 18.0. The van der Waals surface area contributed by atoms with Crippen LogP contribution in [0.5, 0.6) is 0 Å². The maximum atomic E-state index is 10.7. The molecule has 16 bridgehead atoms. The van der Waals surface area contributed by atoms with Crippen molar-refractivity contribution in [3.8, 4) is 0 Å². The molecule has 20 heteroatoms. The van der Waals surface area contributed by atoms with Crippen LogP contribution in [0.2, 0.25) is 0 Å². The molecule has 0 radical (unpaired) electrons. The second-order valence-electron chi connectivity index (χ2n) is 53.9. The number of fused-ring (bicyclic) bond motifs is 16. The summed E-state index contributed by atoms with van der Waals surface area (Å²) in [5.41, 5.74) is 0.756. The Balaban J connectivity index is 0.000000138. The summed E-state index contributed by atoms with van der Waals surface area (Å²) in [7, 11) is -6.26. The van der Waals surface area contributed by atoms with Crippen LogP contribution in [-0.4, -0.2) is 168 Å². The van der Waals surface area contributed by atoms with Crippen LogP contribution >= 0.6 is 15.8 Å². The van der Waals surface area contributed by atoms with Crippen LogP contribution in [0.4, 0.5) is 13.2 Å². The molecule has 0 spiro atoms. The van der Waals surface area contributed by atoms with Crippen molar-refractivity contribution in [3.05, 3.63) is 35.4 Å². The number of nitrogens with one attached hydrogen (secondary N) is 8. The van der Waals surface area contributed by atoms with E-state index in [9.17, 15) is 13.2 Å². The molecular weight excluding hydrogens is 1890 g/mol. The number of halogens is 3. The average Bonchev–Trinajstić information content (AvgIpc) is 1.61. The van der Waals surface area contributed by atoms with Crippen LogP contribution in [0.3, 0.4) is 0 Å². The van der Waals surface area contributed by atoms with E-state index in [1.165, 1.54) is 298 Å². The average molecular weight is 2100 g/mol. The summed E-state index contributed by atoms with van der Waals surface area (Å²) < 4.78 is 58.9. The van der Waals surface area contributed by atoms with E-state index in [1.54, 1.807) is 147 Å². The van der Waals surface area contributed by atoms with Gasteiger partial charge in [-0.2, -0.15) is 13.2 Å². The first-order valence-electron chi connectivity index (χ1n) is 62.0. The Kier molecular flexibility index (Phi) is 41.0. The van der Waals surface area contributed by atoms with Crippen molar-refractivity contribution < 1.29 is 46.6 Å². The topological polar surface area (TPSA) is 180 Å². The first-order chi connectivity index (χ1) is 67.6. The number of alkyl halides is 3. The quantitative estimate of drug-likeness (QED) is 0.0340. The summed E-state index contributed by atoms with van der Waals surface area (Å²) in [6, 6.07) is 15.6. The van der Waals surface area contributed by atoms with Crippen molar-refractivity contribution in [2.75, 3.05) is 25.4 Å². The molecule has 0 aromatic carbocycles. The van der Waals surface area contributed by atoms with E-state index in [0.717, 1.165) is 156 Å². The van der Waals surface area contributed by atoms with E-state index < -0.39 is 15.6 Å². The molecule has 21 aliphatic rings. The Labute approximate surface area is 869 Å². The van der Waals surface area contributed by atoms with Crippen molar-refractivity contribution in [3.63, 3.8) is 0 Å². The van der Waals surface area contributed by atoms with Gasteiger partial charge in [-0.15, -0.1) is 13.1 Å². The largest absolute Gasteiger partial charge is 2.00 e. The third kappa shape index (κ3) is 27.5. The van der Waals surface area contributed by atoms with Crippen molar-refractivity contribution in [1.82, 2.24) is 47.5 Å². The Morgan fingerprint density at radius 2 is 0.464 bits per heavy atom. The minimum Gasteiger partial charge on any atom is -0.741 e. The zero-order chi connectivity index (χ0) is 95.7. The van der Waals surface area contributed by atoms with Crippen molar-refractivity contribution in [2.24, 2.45) is 118 Å². The van der Waals surface area contributed by atoms with Gasteiger partial charge in [0.15, 0.2) is 10.1 Å². The van der Waals surface area contributed by atoms with Crippen molar-refractivity contribution >= 4 is 26.0 Å². The van der Waals surface area contributed by atoms with Crippen LogP contribution in [0.1, 0.15) is 458 Å². The first kappa shape index (κ1) is 110. The summed E-state index contributed by atoms with van der Waals surface area (Å²) in [4.78, 5) is 4.50. The van der Waals surface area contributed by atoms with Crippen molar-refractivity contribution in [1.29, 1.82) is 0 Å². The molecule has 10 saturated carbocycles. The van der Waals surface area contributed by atoms with E-state index in [0.29, 0.717) is 78.4 Å². The number of hydrogen-bond acceptors (Lipinski definition) is 12. The predicted octanol–water partition coefficient (Wildman–Crippen LogP) is 27.4. The molecule has 13 nitrogen and oxygen atoms in total. The third-order valence-electron chi connectivity index (χ3n) is 45.4. The van der Waals surface area contributed by atoms with Gasteiger partial charge in [-0.3, -0.25) is 4.98 Å². The van der Waals surface area contributed by atoms with Crippen LogP contribution in [-0.2, 0) is 30.5 Å².